The molecule has 32 heavy (non-hydrogen) atoms. The largest absolute Gasteiger partial charge is 0.493 e. The number of aliphatic imine (C=N–C) groups is 1. The van der Waals surface area contributed by atoms with Gasteiger partial charge in [-0.1, -0.05) is 19.9 Å². The molecule has 182 valence electrons. The third kappa shape index (κ3) is 8.91. The van der Waals surface area contributed by atoms with Gasteiger partial charge in [0.2, 0.25) is 5.91 Å². The van der Waals surface area contributed by atoms with Crippen LogP contribution in [0.1, 0.15) is 32.8 Å². The molecule has 1 aliphatic heterocycles. The molecule has 1 aromatic carbocycles. The van der Waals surface area contributed by atoms with E-state index in [1.165, 1.54) is 13.2 Å². The summed E-state index contributed by atoms with van der Waals surface area (Å²) < 4.78 is 47.1. The Morgan fingerprint density at radius 3 is 2.62 bits per heavy atom. The number of benzene rings is 1. The minimum Gasteiger partial charge on any atom is -0.493 e. The molecule has 1 heterocycles. The molecule has 0 saturated carbocycles. The van der Waals surface area contributed by atoms with Crippen molar-refractivity contribution in [1.82, 2.24) is 15.5 Å². The van der Waals surface area contributed by atoms with Gasteiger partial charge in [0, 0.05) is 31.6 Å². The van der Waals surface area contributed by atoms with Crippen LogP contribution in [-0.4, -0.2) is 62.3 Å². The first-order chi connectivity index (χ1) is 14.6. The van der Waals surface area contributed by atoms with Gasteiger partial charge in [-0.2, -0.15) is 13.2 Å². The molecule has 1 amide bonds. The van der Waals surface area contributed by atoms with E-state index in [0.29, 0.717) is 32.1 Å². The number of rotatable bonds is 8. The zero-order valence-electron chi connectivity index (χ0n) is 18.8. The van der Waals surface area contributed by atoms with Crippen molar-refractivity contribution in [1.29, 1.82) is 0 Å². The standard InChI is InChI=1S/C21H31F3N4O3.HI/c1-5-25-20(27-16-8-9-28(12-16)19(29)14(2)3)26-11-15-6-7-17(18(10-15)30-4)31-13-21(22,23)24;/h6-7,10,14,16H,5,8-9,11-13H2,1-4H3,(H2,25,26,27);1H. The normalized spacial score (nSPS) is 16.6. The van der Waals surface area contributed by atoms with Gasteiger partial charge in [-0.05, 0) is 31.0 Å². The Balaban J connectivity index is 0.00000512. The van der Waals surface area contributed by atoms with Crippen molar-refractivity contribution < 1.29 is 27.4 Å². The van der Waals surface area contributed by atoms with E-state index in [2.05, 4.69) is 15.6 Å². The van der Waals surface area contributed by atoms with Gasteiger partial charge in [0.15, 0.2) is 24.1 Å². The van der Waals surface area contributed by atoms with Gasteiger partial charge in [-0.15, -0.1) is 24.0 Å². The van der Waals surface area contributed by atoms with Crippen LogP contribution in [0.3, 0.4) is 0 Å². The molecule has 1 fully saturated rings. The third-order valence-electron chi connectivity index (χ3n) is 4.72. The van der Waals surface area contributed by atoms with Crippen LogP contribution in [0.5, 0.6) is 11.5 Å². The fourth-order valence-electron chi connectivity index (χ4n) is 3.22. The number of nitrogens with zero attached hydrogens (tertiary/aromatic N) is 2. The molecule has 11 heteroatoms. The molecule has 0 radical (unpaired) electrons. The van der Waals surface area contributed by atoms with Crippen molar-refractivity contribution in [2.45, 2.75) is 46.0 Å². The van der Waals surface area contributed by atoms with Crippen LogP contribution >= 0.6 is 24.0 Å². The van der Waals surface area contributed by atoms with Crippen LogP contribution in [0.25, 0.3) is 0 Å². The van der Waals surface area contributed by atoms with Crippen molar-refractivity contribution in [2.75, 3.05) is 33.4 Å². The van der Waals surface area contributed by atoms with E-state index in [1.54, 1.807) is 12.1 Å². The monoisotopic (exact) mass is 572 g/mol. The maximum absolute atomic E-state index is 12.4. The molecule has 1 aromatic rings. The summed E-state index contributed by atoms with van der Waals surface area (Å²) in [5.74, 6) is 0.972. The van der Waals surface area contributed by atoms with Crippen molar-refractivity contribution in [3.8, 4) is 11.5 Å². The number of alkyl halides is 3. The lowest BCUT2D eigenvalue weighted by Gasteiger charge is -2.20. The molecular weight excluding hydrogens is 540 g/mol. The van der Waals surface area contributed by atoms with Crippen LogP contribution in [0, 0.1) is 5.92 Å². The number of halogens is 4. The summed E-state index contributed by atoms with van der Waals surface area (Å²) in [4.78, 5) is 18.6. The SMILES string of the molecule is CCNC(=NCc1ccc(OCC(F)(F)F)c(OC)c1)NC1CCN(C(=O)C(C)C)C1.I. The highest BCUT2D eigenvalue weighted by molar-refractivity contribution is 14.0. The van der Waals surface area contributed by atoms with Gasteiger partial charge in [-0.25, -0.2) is 4.99 Å². The smallest absolute Gasteiger partial charge is 0.422 e. The van der Waals surface area contributed by atoms with Crippen molar-refractivity contribution in [2.24, 2.45) is 10.9 Å². The summed E-state index contributed by atoms with van der Waals surface area (Å²) in [6.45, 7) is 6.66. The van der Waals surface area contributed by atoms with Gasteiger partial charge in [0.25, 0.3) is 0 Å². The van der Waals surface area contributed by atoms with Gasteiger partial charge in [-0.3, -0.25) is 4.79 Å². The number of guanidine groups is 1. The van der Waals surface area contributed by atoms with Crippen LogP contribution in [-0.2, 0) is 11.3 Å². The predicted molar refractivity (Wildman–Crippen MR) is 128 cm³/mol. The third-order valence-corrected chi connectivity index (χ3v) is 4.72. The molecule has 0 bridgehead atoms. The molecule has 1 aliphatic rings. The Kier molecular flexibility index (Phi) is 11.4. The van der Waals surface area contributed by atoms with Crippen LogP contribution in [0.2, 0.25) is 0 Å². The van der Waals surface area contributed by atoms with Gasteiger partial charge in [0.05, 0.1) is 13.7 Å². The first kappa shape index (κ1) is 28.1. The maximum Gasteiger partial charge on any atom is 0.422 e. The summed E-state index contributed by atoms with van der Waals surface area (Å²) in [7, 11) is 1.37. The average molecular weight is 572 g/mol. The second-order valence-corrected chi connectivity index (χ2v) is 7.65. The fourth-order valence-corrected chi connectivity index (χ4v) is 3.22. The average Bonchev–Trinajstić information content (AvgIpc) is 3.18. The second kappa shape index (κ2) is 12.9. The Hall–Kier alpha value is -1.92. The molecule has 1 atom stereocenters. The highest BCUT2D eigenvalue weighted by Crippen LogP contribution is 2.30. The number of nitrogens with one attached hydrogen (secondary N) is 2. The highest BCUT2D eigenvalue weighted by atomic mass is 127. The van der Waals surface area contributed by atoms with E-state index in [9.17, 15) is 18.0 Å². The van der Waals surface area contributed by atoms with Crippen molar-refractivity contribution in [3.05, 3.63) is 23.8 Å². The highest BCUT2D eigenvalue weighted by Gasteiger charge is 2.29. The van der Waals surface area contributed by atoms with E-state index in [0.717, 1.165) is 12.0 Å². The Labute approximate surface area is 204 Å². The van der Waals surface area contributed by atoms with E-state index < -0.39 is 12.8 Å². The summed E-state index contributed by atoms with van der Waals surface area (Å²) in [6, 6.07) is 4.81. The van der Waals surface area contributed by atoms with Crippen molar-refractivity contribution >= 4 is 35.8 Å². The number of likely N-dealkylation sites (tertiary alicyclic amines) is 1. The first-order valence-corrected chi connectivity index (χ1v) is 10.3. The van der Waals surface area contributed by atoms with Crippen LogP contribution < -0.4 is 20.1 Å². The lowest BCUT2D eigenvalue weighted by Crippen LogP contribution is -2.45. The molecule has 0 aromatic heterocycles. The van der Waals surface area contributed by atoms with E-state index in [-0.39, 0.29) is 53.3 Å². The predicted octanol–water partition coefficient (Wildman–Crippen LogP) is 3.57. The van der Waals surface area contributed by atoms with E-state index >= 15 is 0 Å². The van der Waals surface area contributed by atoms with Crippen molar-refractivity contribution in [3.63, 3.8) is 0 Å². The number of ether oxygens (including phenoxy) is 2. The minimum absolute atomic E-state index is 0. The van der Waals surface area contributed by atoms with Gasteiger partial charge < -0.3 is 25.0 Å². The molecule has 0 aliphatic carbocycles. The van der Waals surface area contributed by atoms with Gasteiger partial charge >= 0.3 is 6.18 Å². The molecule has 1 saturated heterocycles. The Morgan fingerprint density at radius 2 is 2.03 bits per heavy atom. The summed E-state index contributed by atoms with van der Waals surface area (Å²) in [6.07, 6.45) is -3.59. The van der Waals surface area contributed by atoms with Crippen LogP contribution in [0.15, 0.2) is 23.2 Å². The number of hydrogen-bond donors (Lipinski definition) is 2. The molecule has 1 unspecified atom stereocenters. The number of amides is 1. The quantitative estimate of drug-likeness (QED) is 0.283. The number of carbonyl (C=O) groups excluding carboxylic acids is 1. The summed E-state index contributed by atoms with van der Waals surface area (Å²) in [5.41, 5.74) is 0.761. The Morgan fingerprint density at radius 1 is 1.31 bits per heavy atom. The lowest BCUT2D eigenvalue weighted by molar-refractivity contribution is -0.153. The summed E-state index contributed by atoms with van der Waals surface area (Å²) in [5, 5.41) is 6.53. The fraction of sp³-hybridized carbons (Fsp3) is 0.619. The van der Waals surface area contributed by atoms with Gasteiger partial charge in [0.1, 0.15) is 0 Å². The zero-order valence-corrected chi connectivity index (χ0v) is 21.1. The zero-order chi connectivity index (χ0) is 23.0. The molecule has 7 nitrogen and oxygen atoms in total. The lowest BCUT2D eigenvalue weighted by atomic mass is 10.2. The molecule has 0 spiro atoms. The minimum atomic E-state index is -4.42. The van der Waals surface area contributed by atoms with Crippen LogP contribution in [0.4, 0.5) is 13.2 Å². The molecule has 2 rings (SSSR count). The molecular formula is C21H32F3IN4O3. The summed E-state index contributed by atoms with van der Waals surface area (Å²) >= 11 is 0. The maximum atomic E-state index is 12.4. The second-order valence-electron chi connectivity index (χ2n) is 7.65. The van der Waals surface area contributed by atoms with E-state index in [4.69, 9.17) is 9.47 Å². The topological polar surface area (TPSA) is 75.2 Å². The Bertz CT molecular complexity index is 775. The number of methoxy groups -OCH3 is 1. The first-order valence-electron chi connectivity index (χ1n) is 10.3. The number of carbonyl (C=O) groups is 1. The van der Waals surface area contributed by atoms with E-state index in [1.807, 2.05) is 25.7 Å². The molecule has 2 N–H and O–H groups in total. The number of hydrogen-bond acceptors (Lipinski definition) is 4.